The Hall–Kier alpha value is -3.52. The van der Waals surface area contributed by atoms with Gasteiger partial charge < -0.3 is 15.4 Å². The molecule has 8 heteroatoms. The number of carbonyl (C=O) groups is 3. The van der Waals surface area contributed by atoms with Gasteiger partial charge in [0.1, 0.15) is 17.5 Å². The van der Waals surface area contributed by atoms with E-state index in [1.165, 1.54) is 35.6 Å². The van der Waals surface area contributed by atoms with E-state index in [9.17, 15) is 18.8 Å². The summed E-state index contributed by atoms with van der Waals surface area (Å²) in [7, 11) is 0. The van der Waals surface area contributed by atoms with Gasteiger partial charge in [-0.05, 0) is 56.5 Å². The number of halogens is 1. The minimum absolute atomic E-state index is 0.0961. The topological polar surface area (TPSA) is 84.5 Å². The molecule has 1 heterocycles. The third kappa shape index (κ3) is 6.73. The Labute approximate surface area is 195 Å². The van der Waals surface area contributed by atoms with Crippen molar-refractivity contribution in [2.45, 2.75) is 38.8 Å². The Morgan fingerprint density at radius 3 is 2.27 bits per heavy atom. The smallest absolute Gasteiger partial charge is 0.408 e. The summed E-state index contributed by atoms with van der Waals surface area (Å²) in [5, 5.41) is 7.20. The molecule has 1 atom stereocenters. The van der Waals surface area contributed by atoms with Crippen molar-refractivity contribution >= 4 is 34.8 Å². The van der Waals surface area contributed by atoms with Gasteiger partial charge in [-0.2, -0.15) is 0 Å². The molecule has 0 spiro atoms. The Balaban J connectivity index is 1.84. The zero-order chi connectivity index (χ0) is 24.0. The van der Waals surface area contributed by atoms with E-state index >= 15 is 0 Å². The van der Waals surface area contributed by atoms with E-state index in [1.54, 1.807) is 45.0 Å². The lowest BCUT2D eigenvalue weighted by Crippen LogP contribution is -2.47. The molecule has 0 bridgehead atoms. The fraction of sp³-hybridized carbons (Fsp3) is 0.240. The lowest BCUT2D eigenvalue weighted by Gasteiger charge is -2.23. The van der Waals surface area contributed by atoms with Crippen molar-refractivity contribution in [3.8, 4) is 0 Å². The first kappa shape index (κ1) is 24.1. The van der Waals surface area contributed by atoms with Gasteiger partial charge >= 0.3 is 6.09 Å². The van der Waals surface area contributed by atoms with Crippen LogP contribution in [-0.4, -0.2) is 29.4 Å². The monoisotopic (exact) mass is 468 g/mol. The number of para-hydroxylation sites is 1. The molecule has 1 aromatic heterocycles. The largest absolute Gasteiger partial charge is 0.444 e. The number of carbonyl (C=O) groups excluding carboxylic acids is 3. The minimum atomic E-state index is -0.949. The second-order valence-corrected chi connectivity index (χ2v) is 9.36. The van der Waals surface area contributed by atoms with Crippen molar-refractivity contribution < 1.29 is 23.5 Å². The predicted molar refractivity (Wildman–Crippen MR) is 126 cm³/mol. The van der Waals surface area contributed by atoms with Crippen LogP contribution in [0.25, 0.3) is 0 Å². The molecule has 2 amide bonds. The quantitative estimate of drug-likeness (QED) is 0.467. The summed E-state index contributed by atoms with van der Waals surface area (Å²) in [5.74, 6) is -1.73. The number of hydrogen-bond acceptors (Lipinski definition) is 5. The lowest BCUT2D eigenvalue weighted by molar-refractivity contribution is -0.118. The lowest BCUT2D eigenvalue weighted by atomic mass is 10.0. The number of ether oxygens (including phenoxy) is 1. The molecular formula is C25H25FN2O4S. The number of alkyl carbamates (subject to hydrolysis) is 1. The van der Waals surface area contributed by atoms with Crippen LogP contribution in [0.4, 0.5) is 14.9 Å². The number of nitrogens with one attached hydrogen (secondary N) is 2. The van der Waals surface area contributed by atoms with Gasteiger partial charge in [0.15, 0.2) is 5.78 Å². The molecule has 0 saturated carbocycles. The maximum absolute atomic E-state index is 14.2. The maximum Gasteiger partial charge on any atom is 0.408 e. The second kappa shape index (κ2) is 10.4. The highest BCUT2D eigenvalue weighted by molar-refractivity contribution is 7.09. The Kier molecular flexibility index (Phi) is 7.60. The van der Waals surface area contributed by atoms with Gasteiger partial charge in [0.25, 0.3) is 0 Å². The van der Waals surface area contributed by atoms with Crippen LogP contribution in [0.5, 0.6) is 0 Å². The standard InChI is InChI=1S/C25H25FN2O4S/c1-25(2,3)32-24(31)28-21(15-16-9-8-14-33-16)23(30)27-20-13-7-5-11-18(20)22(29)17-10-4-6-12-19(17)26/h4-14,21H,15H2,1-3H3,(H,27,30)(H,28,31)/t21-/m0/s1. The van der Waals surface area contributed by atoms with Gasteiger partial charge in [-0.3, -0.25) is 9.59 Å². The van der Waals surface area contributed by atoms with E-state index in [1.807, 2.05) is 17.5 Å². The molecule has 0 saturated heterocycles. The first-order valence-corrected chi connectivity index (χ1v) is 11.2. The van der Waals surface area contributed by atoms with Crippen LogP contribution in [0.15, 0.2) is 66.0 Å². The molecule has 2 N–H and O–H groups in total. The molecule has 0 unspecified atom stereocenters. The highest BCUT2D eigenvalue weighted by atomic mass is 32.1. The summed E-state index contributed by atoms with van der Waals surface area (Å²) in [4.78, 5) is 39.3. The second-order valence-electron chi connectivity index (χ2n) is 8.33. The number of ketones is 1. The van der Waals surface area contributed by atoms with Crippen LogP contribution in [0.3, 0.4) is 0 Å². The molecule has 3 rings (SSSR count). The molecule has 3 aromatic rings. The van der Waals surface area contributed by atoms with Crippen LogP contribution in [-0.2, 0) is 16.0 Å². The predicted octanol–water partition coefficient (Wildman–Crippen LogP) is 5.19. The SMILES string of the molecule is CC(C)(C)OC(=O)N[C@@H](Cc1cccs1)C(=O)Nc1ccccc1C(=O)c1ccccc1F. The van der Waals surface area contributed by atoms with Gasteiger partial charge in [-0.1, -0.05) is 30.3 Å². The van der Waals surface area contributed by atoms with Gasteiger partial charge in [-0.25, -0.2) is 9.18 Å². The van der Waals surface area contributed by atoms with Crippen LogP contribution in [0.2, 0.25) is 0 Å². The van der Waals surface area contributed by atoms with Crippen molar-refractivity contribution in [2.75, 3.05) is 5.32 Å². The van der Waals surface area contributed by atoms with Crippen LogP contribution >= 0.6 is 11.3 Å². The number of benzene rings is 2. The van der Waals surface area contributed by atoms with Crippen LogP contribution in [0.1, 0.15) is 41.6 Å². The summed E-state index contributed by atoms with van der Waals surface area (Å²) in [6.07, 6.45) is -0.485. The number of thiophene rings is 1. The van der Waals surface area contributed by atoms with Gasteiger partial charge in [-0.15, -0.1) is 11.3 Å². The molecule has 0 radical (unpaired) electrons. The number of anilines is 1. The Morgan fingerprint density at radius 1 is 0.970 bits per heavy atom. The first-order chi connectivity index (χ1) is 15.6. The van der Waals surface area contributed by atoms with Crippen molar-refractivity contribution in [1.82, 2.24) is 5.32 Å². The molecule has 172 valence electrons. The highest BCUT2D eigenvalue weighted by Crippen LogP contribution is 2.22. The molecule has 6 nitrogen and oxygen atoms in total. The average Bonchev–Trinajstić information content (AvgIpc) is 3.25. The fourth-order valence-electron chi connectivity index (χ4n) is 3.09. The van der Waals surface area contributed by atoms with E-state index in [2.05, 4.69) is 10.6 Å². The van der Waals surface area contributed by atoms with Crippen LogP contribution < -0.4 is 10.6 Å². The van der Waals surface area contributed by atoms with Crippen molar-refractivity contribution in [2.24, 2.45) is 0 Å². The molecular weight excluding hydrogens is 443 g/mol. The Morgan fingerprint density at radius 2 is 1.64 bits per heavy atom. The van der Waals surface area contributed by atoms with Crippen molar-refractivity contribution in [3.05, 3.63) is 87.9 Å². The third-order valence-electron chi connectivity index (χ3n) is 4.54. The van der Waals surface area contributed by atoms with Gasteiger partial charge in [0, 0.05) is 16.9 Å². The number of amides is 2. The molecule has 2 aromatic carbocycles. The normalized spacial score (nSPS) is 12.0. The van der Waals surface area contributed by atoms with E-state index < -0.39 is 35.2 Å². The van der Waals surface area contributed by atoms with Gasteiger partial charge in [0.05, 0.1) is 11.3 Å². The molecule has 0 aliphatic heterocycles. The summed E-state index contributed by atoms with van der Waals surface area (Å²) in [6, 6.07) is 14.8. The van der Waals surface area contributed by atoms with Crippen molar-refractivity contribution in [1.29, 1.82) is 0 Å². The summed E-state index contributed by atoms with van der Waals surface area (Å²) in [5.41, 5.74) is -0.463. The summed E-state index contributed by atoms with van der Waals surface area (Å²) < 4.78 is 19.5. The molecule has 0 fully saturated rings. The highest BCUT2D eigenvalue weighted by Gasteiger charge is 2.26. The van der Waals surface area contributed by atoms with Gasteiger partial charge in [0.2, 0.25) is 5.91 Å². The fourth-order valence-corrected chi connectivity index (χ4v) is 3.84. The molecule has 33 heavy (non-hydrogen) atoms. The Bertz CT molecular complexity index is 1140. The maximum atomic E-state index is 14.2. The average molecular weight is 469 g/mol. The van der Waals surface area contributed by atoms with E-state index in [-0.39, 0.29) is 23.2 Å². The number of rotatable bonds is 7. The van der Waals surface area contributed by atoms with Crippen LogP contribution in [0, 0.1) is 5.82 Å². The van der Waals surface area contributed by atoms with Crippen molar-refractivity contribution in [3.63, 3.8) is 0 Å². The van der Waals surface area contributed by atoms with E-state index in [4.69, 9.17) is 4.74 Å². The summed E-state index contributed by atoms with van der Waals surface area (Å²) >= 11 is 1.45. The number of hydrogen-bond donors (Lipinski definition) is 2. The first-order valence-electron chi connectivity index (χ1n) is 10.3. The molecule has 0 aliphatic rings. The van der Waals surface area contributed by atoms with E-state index in [0.29, 0.717) is 0 Å². The zero-order valence-corrected chi connectivity index (χ0v) is 19.4. The van der Waals surface area contributed by atoms with E-state index in [0.717, 1.165) is 4.88 Å². The molecule has 0 aliphatic carbocycles. The third-order valence-corrected chi connectivity index (χ3v) is 5.44. The minimum Gasteiger partial charge on any atom is -0.444 e. The summed E-state index contributed by atoms with van der Waals surface area (Å²) in [6.45, 7) is 5.18. The zero-order valence-electron chi connectivity index (χ0n) is 18.6.